The zero-order chi connectivity index (χ0) is 19.9. The number of carbonyl (C=O) groups excluding carboxylic acids is 2. The molecule has 0 spiro atoms. The molecule has 1 aliphatic carbocycles. The molecule has 0 unspecified atom stereocenters. The number of hydrogen-bond donors (Lipinski definition) is 2. The van der Waals surface area contributed by atoms with Gasteiger partial charge in [0, 0.05) is 32.6 Å². The third-order valence-corrected chi connectivity index (χ3v) is 4.65. The number of hydrogen-bond acceptors (Lipinski definition) is 2. The summed E-state index contributed by atoms with van der Waals surface area (Å²) in [6.45, 7) is 0.396. The van der Waals surface area contributed by atoms with Crippen molar-refractivity contribution < 1.29 is 22.8 Å². The van der Waals surface area contributed by atoms with Gasteiger partial charge in [-0.25, -0.2) is 4.79 Å². The van der Waals surface area contributed by atoms with Gasteiger partial charge in [0.05, 0.1) is 5.56 Å². The maximum atomic E-state index is 12.6. The van der Waals surface area contributed by atoms with E-state index >= 15 is 0 Å². The Balaban J connectivity index is 1.69. The first-order valence-corrected chi connectivity index (χ1v) is 9.20. The van der Waals surface area contributed by atoms with E-state index in [1.807, 2.05) is 0 Å². The average molecular weight is 385 g/mol. The Morgan fingerprint density at radius 3 is 2.33 bits per heavy atom. The largest absolute Gasteiger partial charge is 0.416 e. The minimum Gasteiger partial charge on any atom is -0.353 e. The van der Waals surface area contributed by atoms with Crippen LogP contribution in [0.2, 0.25) is 0 Å². The number of nitrogens with zero attached hydrogens (tertiary/aromatic N) is 1. The Morgan fingerprint density at radius 2 is 1.74 bits per heavy atom. The Labute approximate surface area is 157 Å². The van der Waals surface area contributed by atoms with E-state index in [2.05, 4.69) is 10.6 Å². The van der Waals surface area contributed by atoms with Crippen molar-refractivity contribution in [2.75, 3.05) is 13.6 Å². The summed E-state index contributed by atoms with van der Waals surface area (Å²) in [5, 5.41) is 5.64. The fourth-order valence-corrected chi connectivity index (χ4v) is 3.11. The molecule has 0 bridgehead atoms. The molecule has 2 rings (SSSR count). The van der Waals surface area contributed by atoms with Crippen LogP contribution in [-0.2, 0) is 17.5 Å². The summed E-state index contributed by atoms with van der Waals surface area (Å²) in [4.78, 5) is 25.3. The summed E-state index contributed by atoms with van der Waals surface area (Å²) in [7, 11) is 1.55. The third-order valence-electron chi connectivity index (χ3n) is 4.65. The van der Waals surface area contributed by atoms with E-state index in [-0.39, 0.29) is 37.5 Å². The lowest BCUT2D eigenvalue weighted by Crippen LogP contribution is -2.40. The zero-order valence-corrected chi connectivity index (χ0v) is 15.4. The predicted octanol–water partition coefficient (Wildman–Crippen LogP) is 3.69. The van der Waals surface area contributed by atoms with Crippen LogP contribution in [0.4, 0.5) is 18.0 Å². The van der Waals surface area contributed by atoms with Crippen molar-refractivity contribution in [1.29, 1.82) is 0 Å². The molecule has 5 nitrogen and oxygen atoms in total. The zero-order valence-electron chi connectivity index (χ0n) is 15.4. The highest BCUT2D eigenvalue weighted by Crippen LogP contribution is 2.29. The van der Waals surface area contributed by atoms with Crippen LogP contribution in [0.5, 0.6) is 0 Å². The second kappa shape index (κ2) is 9.62. The molecule has 1 aliphatic rings. The number of amides is 3. The summed E-state index contributed by atoms with van der Waals surface area (Å²) < 4.78 is 37.7. The van der Waals surface area contributed by atoms with Gasteiger partial charge < -0.3 is 15.5 Å². The molecule has 150 valence electrons. The molecule has 0 radical (unpaired) electrons. The van der Waals surface area contributed by atoms with E-state index in [9.17, 15) is 22.8 Å². The second-order valence-corrected chi connectivity index (χ2v) is 6.94. The number of benzene rings is 1. The highest BCUT2D eigenvalue weighted by Gasteiger charge is 2.30. The van der Waals surface area contributed by atoms with Crippen molar-refractivity contribution in [2.24, 2.45) is 0 Å². The summed E-state index contributed by atoms with van der Waals surface area (Å²) in [5.74, 6) is -0.0763. The van der Waals surface area contributed by atoms with E-state index in [0.29, 0.717) is 5.56 Å². The van der Waals surface area contributed by atoms with Gasteiger partial charge in [0.2, 0.25) is 5.91 Å². The van der Waals surface area contributed by atoms with Crippen LogP contribution >= 0.6 is 0 Å². The van der Waals surface area contributed by atoms with Crippen LogP contribution in [0.15, 0.2) is 24.3 Å². The van der Waals surface area contributed by atoms with Crippen molar-refractivity contribution >= 4 is 11.9 Å². The topological polar surface area (TPSA) is 61.4 Å². The number of alkyl halides is 3. The van der Waals surface area contributed by atoms with Gasteiger partial charge in [-0.15, -0.1) is 0 Å². The molecule has 0 aromatic heterocycles. The van der Waals surface area contributed by atoms with Crippen molar-refractivity contribution in [2.45, 2.75) is 57.3 Å². The molecule has 0 heterocycles. The van der Waals surface area contributed by atoms with Gasteiger partial charge in [-0.05, 0) is 30.5 Å². The van der Waals surface area contributed by atoms with Crippen molar-refractivity contribution in [3.05, 3.63) is 35.4 Å². The number of rotatable bonds is 6. The van der Waals surface area contributed by atoms with E-state index in [1.54, 1.807) is 7.05 Å². The van der Waals surface area contributed by atoms with Gasteiger partial charge >= 0.3 is 12.2 Å². The molecular weight excluding hydrogens is 359 g/mol. The standard InChI is InChI=1S/C19H26F3N3O2/c1-25(13-14-7-9-15(10-8-14)19(20,21)22)18(27)23-12-11-17(26)24-16-5-3-2-4-6-16/h7-10,16H,2-6,11-13H2,1H3,(H,23,27)(H,24,26). The molecule has 1 aromatic rings. The molecule has 3 amide bonds. The Kier molecular flexibility index (Phi) is 7.50. The molecule has 0 atom stereocenters. The Morgan fingerprint density at radius 1 is 1.11 bits per heavy atom. The van der Waals surface area contributed by atoms with Gasteiger partial charge in [0.1, 0.15) is 0 Å². The number of carbonyl (C=O) groups is 2. The summed E-state index contributed by atoms with van der Waals surface area (Å²) in [5.41, 5.74) is -0.127. The lowest BCUT2D eigenvalue weighted by molar-refractivity contribution is -0.137. The lowest BCUT2D eigenvalue weighted by atomic mass is 9.95. The van der Waals surface area contributed by atoms with Gasteiger partial charge in [0.15, 0.2) is 0 Å². The number of urea groups is 1. The first-order chi connectivity index (χ1) is 12.8. The highest BCUT2D eigenvalue weighted by molar-refractivity contribution is 5.78. The number of nitrogens with one attached hydrogen (secondary N) is 2. The van der Waals surface area contributed by atoms with E-state index in [1.165, 1.54) is 23.5 Å². The summed E-state index contributed by atoms with van der Waals surface area (Å²) in [6, 6.07) is 4.56. The van der Waals surface area contributed by atoms with Gasteiger partial charge in [-0.1, -0.05) is 31.4 Å². The Hall–Kier alpha value is -2.25. The van der Waals surface area contributed by atoms with Gasteiger partial charge in [-0.3, -0.25) is 4.79 Å². The highest BCUT2D eigenvalue weighted by atomic mass is 19.4. The van der Waals surface area contributed by atoms with Gasteiger partial charge in [-0.2, -0.15) is 13.2 Å². The van der Waals surface area contributed by atoms with E-state index < -0.39 is 11.7 Å². The summed E-state index contributed by atoms with van der Waals surface area (Å²) >= 11 is 0. The van der Waals surface area contributed by atoms with E-state index in [4.69, 9.17) is 0 Å². The molecule has 0 aliphatic heterocycles. The second-order valence-electron chi connectivity index (χ2n) is 6.94. The predicted molar refractivity (Wildman–Crippen MR) is 95.9 cm³/mol. The van der Waals surface area contributed by atoms with E-state index in [0.717, 1.165) is 37.8 Å². The minimum absolute atomic E-state index is 0.0763. The van der Waals surface area contributed by atoms with Crippen LogP contribution < -0.4 is 10.6 Å². The normalized spacial score (nSPS) is 15.3. The Bertz CT molecular complexity index is 626. The van der Waals surface area contributed by atoms with Crippen molar-refractivity contribution in [3.8, 4) is 0 Å². The average Bonchev–Trinajstić information content (AvgIpc) is 2.62. The molecule has 1 aromatic carbocycles. The van der Waals surface area contributed by atoms with Crippen LogP contribution in [0.3, 0.4) is 0 Å². The monoisotopic (exact) mass is 385 g/mol. The maximum Gasteiger partial charge on any atom is 0.416 e. The molecule has 2 N–H and O–H groups in total. The fourth-order valence-electron chi connectivity index (χ4n) is 3.11. The molecule has 1 saturated carbocycles. The third kappa shape index (κ3) is 7.11. The van der Waals surface area contributed by atoms with Crippen molar-refractivity contribution in [1.82, 2.24) is 15.5 Å². The molecule has 27 heavy (non-hydrogen) atoms. The first kappa shape index (κ1) is 21.1. The molecule has 8 heteroatoms. The van der Waals surface area contributed by atoms with Crippen LogP contribution in [-0.4, -0.2) is 36.5 Å². The van der Waals surface area contributed by atoms with Gasteiger partial charge in [0.25, 0.3) is 0 Å². The lowest BCUT2D eigenvalue weighted by Gasteiger charge is -2.23. The quantitative estimate of drug-likeness (QED) is 0.785. The minimum atomic E-state index is -4.37. The van der Waals surface area contributed by atoms with Crippen molar-refractivity contribution in [3.63, 3.8) is 0 Å². The molecule has 1 fully saturated rings. The van der Waals surface area contributed by atoms with Crippen LogP contribution in [0.1, 0.15) is 49.7 Å². The first-order valence-electron chi connectivity index (χ1n) is 9.20. The van der Waals surface area contributed by atoms with Crippen LogP contribution in [0, 0.1) is 0 Å². The SMILES string of the molecule is CN(Cc1ccc(C(F)(F)F)cc1)C(=O)NCCC(=O)NC1CCCCC1. The van der Waals surface area contributed by atoms with Crippen LogP contribution in [0.25, 0.3) is 0 Å². The molecular formula is C19H26F3N3O2. The molecule has 0 saturated heterocycles. The maximum absolute atomic E-state index is 12.6. The fraction of sp³-hybridized carbons (Fsp3) is 0.579. The number of halogens is 3. The smallest absolute Gasteiger partial charge is 0.353 e. The summed E-state index contributed by atoms with van der Waals surface area (Å²) in [6.07, 6.45) is 1.33.